The number of carbonyl (C=O) groups excluding carboxylic acids is 1. The summed E-state index contributed by atoms with van der Waals surface area (Å²) in [6, 6.07) is 10.7. The van der Waals surface area contributed by atoms with E-state index in [1.165, 1.54) is 31.4 Å². The average molecular weight is 344 g/mol. The molecule has 1 amide bonds. The van der Waals surface area contributed by atoms with E-state index < -0.39 is 0 Å². The number of phenolic OH excluding ortho intramolecular Hbond substituents is 1. The van der Waals surface area contributed by atoms with Crippen molar-refractivity contribution in [2.75, 3.05) is 7.11 Å². The van der Waals surface area contributed by atoms with E-state index in [2.05, 4.69) is 10.3 Å². The van der Waals surface area contributed by atoms with Crippen molar-refractivity contribution in [2.24, 2.45) is 4.99 Å². The van der Waals surface area contributed by atoms with Gasteiger partial charge in [0.25, 0.3) is 5.91 Å². The number of hydrogen-bond acceptors (Lipinski definition) is 5. The van der Waals surface area contributed by atoms with Crippen LogP contribution in [0.2, 0.25) is 0 Å². The van der Waals surface area contributed by atoms with Crippen LogP contribution in [-0.2, 0) is 4.79 Å². The van der Waals surface area contributed by atoms with Crippen molar-refractivity contribution < 1.29 is 19.0 Å². The summed E-state index contributed by atoms with van der Waals surface area (Å²) in [4.78, 5) is 16.7. The van der Waals surface area contributed by atoms with Gasteiger partial charge in [-0.3, -0.25) is 4.79 Å². The molecule has 2 N–H and O–H groups in total. The minimum Gasteiger partial charge on any atom is -0.504 e. The Balaban J connectivity index is 1.86. The number of nitrogens with one attached hydrogen (secondary N) is 1. The minimum absolute atomic E-state index is 0.0372. The van der Waals surface area contributed by atoms with E-state index in [1.54, 1.807) is 24.3 Å². The Bertz CT molecular complexity index is 847. The maximum Gasteiger partial charge on any atom is 0.264 e. The summed E-state index contributed by atoms with van der Waals surface area (Å²) in [5, 5.41) is 13.1. The van der Waals surface area contributed by atoms with Gasteiger partial charge in [-0.1, -0.05) is 12.1 Å². The van der Waals surface area contributed by atoms with Crippen LogP contribution >= 0.6 is 11.8 Å². The highest BCUT2D eigenvalue weighted by Crippen LogP contribution is 2.34. The van der Waals surface area contributed by atoms with E-state index in [1.807, 2.05) is 0 Å². The third-order valence-corrected chi connectivity index (χ3v) is 4.15. The number of hydrogen-bond donors (Lipinski definition) is 2. The van der Waals surface area contributed by atoms with Gasteiger partial charge < -0.3 is 15.2 Å². The quantitative estimate of drug-likeness (QED) is 0.837. The molecule has 0 saturated carbocycles. The monoisotopic (exact) mass is 344 g/mol. The van der Waals surface area contributed by atoms with Gasteiger partial charge in [0.2, 0.25) is 0 Å². The number of amidine groups is 1. The molecule has 1 aliphatic rings. The summed E-state index contributed by atoms with van der Waals surface area (Å²) in [7, 11) is 1.45. The summed E-state index contributed by atoms with van der Waals surface area (Å²) >= 11 is 1.14. The van der Waals surface area contributed by atoms with Crippen LogP contribution in [-0.4, -0.2) is 23.3 Å². The average Bonchev–Trinajstić information content (AvgIpc) is 2.91. The molecule has 1 fully saturated rings. The molecule has 0 aliphatic carbocycles. The molecule has 5 nitrogen and oxygen atoms in total. The molecule has 122 valence electrons. The van der Waals surface area contributed by atoms with E-state index in [4.69, 9.17) is 4.74 Å². The highest BCUT2D eigenvalue weighted by molar-refractivity contribution is 8.18. The molecule has 0 atom stereocenters. The number of benzene rings is 2. The van der Waals surface area contributed by atoms with Gasteiger partial charge in [0, 0.05) is 5.56 Å². The van der Waals surface area contributed by atoms with Gasteiger partial charge in [-0.15, -0.1) is 0 Å². The van der Waals surface area contributed by atoms with Crippen LogP contribution in [0.5, 0.6) is 11.5 Å². The number of carbonyl (C=O) groups is 1. The lowest BCUT2D eigenvalue weighted by Gasteiger charge is -2.05. The van der Waals surface area contributed by atoms with Crippen LogP contribution < -0.4 is 10.1 Å². The van der Waals surface area contributed by atoms with Crippen LogP contribution in [0.25, 0.3) is 6.08 Å². The summed E-state index contributed by atoms with van der Waals surface area (Å²) in [6.07, 6.45) is 1.56. The number of thioether (sulfide) groups is 1. The van der Waals surface area contributed by atoms with Crippen molar-refractivity contribution >= 4 is 34.6 Å². The lowest BCUT2D eigenvalue weighted by molar-refractivity contribution is -0.115. The first-order valence-corrected chi connectivity index (χ1v) is 7.79. The van der Waals surface area contributed by atoms with Crippen molar-refractivity contribution in [2.45, 2.75) is 0 Å². The van der Waals surface area contributed by atoms with Gasteiger partial charge >= 0.3 is 0 Å². The van der Waals surface area contributed by atoms with Crippen molar-refractivity contribution in [3.63, 3.8) is 0 Å². The molecule has 1 aliphatic heterocycles. The number of phenols is 1. The summed E-state index contributed by atoms with van der Waals surface area (Å²) in [5.41, 5.74) is 1.000. The highest BCUT2D eigenvalue weighted by atomic mass is 32.2. The Morgan fingerprint density at radius 3 is 2.71 bits per heavy atom. The van der Waals surface area contributed by atoms with Crippen LogP contribution in [0.15, 0.2) is 52.4 Å². The number of halogens is 1. The Hall–Kier alpha value is -2.80. The number of para-hydroxylation sites is 1. The molecular weight excluding hydrogens is 331 g/mol. The minimum atomic E-state index is -0.351. The van der Waals surface area contributed by atoms with E-state index in [9.17, 15) is 14.3 Å². The molecule has 0 aromatic heterocycles. The smallest absolute Gasteiger partial charge is 0.264 e. The Morgan fingerprint density at radius 2 is 2.00 bits per heavy atom. The maximum absolute atomic E-state index is 12.9. The SMILES string of the molecule is COc1cccc(C=C2SC(=Nc3ccc(F)cc3)NC2=O)c1O. The van der Waals surface area contributed by atoms with Gasteiger partial charge in [0.05, 0.1) is 17.7 Å². The fraction of sp³-hybridized carbons (Fsp3) is 0.0588. The standard InChI is InChI=1S/C17H13FN2O3S/c1-23-13-4-2-3-10(15(13)21)9-14-16(22)20-17(24-14)19-12-7-5-11(18)6-8-12/h2-9,21H,1H3,(H,19,20,22). The number of aliphatic imine (C=N–C) groups is 1. The largest absolute Gasteiger partial charge is 0.504 e. The fourth-order valence-corrected chi connectivity index (χ4v) is 2.91. The van der Waals surface area contributed by atoms with Crippen molar-refractivity contribution in [1.29, 1.82) is 0 Å². The molecule has 2 aromatic carbocycles. The van der Waals surface area contributed by atoms with E-state index in [0.717, 1.165) is 11.8 Å². The Labute approximate surface area is 141 Å². The summed E-state index contributed by atoms with van der Waals surface area (Å²) in [6.45, 7) is 0. The van der Waals surface area contributed by atoms with Gasteiger partial charge in [0.15, 0.2) is 16.7 Å². The maximum atomic E-state index is 12.9. The predicted molar refractivity (Wildman–Crippen MR) is 91.9 cm³/mol. The highest BCUT2D eigenvalue weighted by Gasteiger charge is 2.24. The molecule has 0 radical (unpaired) electrons. The molecular formula is C17H13FN2O3S. The second-order valence-electron chi connectivity index (χ2n) is 4.86. The number of amides is 1. The molecule has 24 heavy (non-hydrogen) atoms. The second-order valence-corrected chi connectivity index (χ2v) is 5.89. The van der Waals surface area contributed by atoms with Crippen LogP contribution in [0.4, 0.5) is 10.1 Å². The predicted octanol–water partition coefficient (Wildman–Crippen LogP) is 3.43. The van der Waals surface area contributed by atoms with E-state index >= 15 is 0 Å². The third-order valence-electron chi connectivity index (χ3n) is 3.24. The molecule has 0 unspecified atom stereocenters. The summed E-state index contributed by atoms with van der Waals surface area (Å²) in [5.74, 6) is -0.378. The molecule has 1 saturated heterocycles. The topological polar surface area (TPSA) is 70.9 Å². The Kier molecular flexibility index (Phi) is 4.52. The van der Waals surface area contributed by atoms with Gasteiger partial charge in [-0.05, 0) is 48.2 Å². The number of rotatable bonds is 3. The number of nitrogens with zero attached hydrogens (tertiary/aromatic N) is 1. The first-order valence-electron chi connectivity index (χ1n) is 6.98. The zero-order chi connectivity index (χ0) is 17.1. The van der Waals surface area contributed by atoms with Crippen molar-refractivity contribution in [3.05, 3.63) is 58.8 Å². The second kappa shape index (κ2) is 6.76. The molecule has 0 bridgehead atoms. The molecule has 3 rings (SSSR count). The van der Waals surface area contributed by atoms with Crippen LogP contribution in [0.1, 0.15) is 5.56 Å². The zero-order valence-corrected chi connectivity index (χ0v) is 13.4. The normalized spacial score (nSPS) is 17.3. The van der Waals surface area contributed by atoms with Gasteiger partial charge in [0.1, 0.15) is 5.82 Å². The number of aromatic hydroxyl groups is 1. The van der Waals surface area contributed by atoms with Gasteiger partial charge in [-0.2, -0.15) is 0 Å². The first-order chi connectivity index (χ1) is 11.6. The van der Waals surface area contributed by atoms with Crippen molar-refractivity contribution in [1.82, 2.24) is 5.32 Å². The number of methoxy groups -OCH3 is 1. The molecule has 1 heterocycles. The van der Waals surface area contributed by atoms with Crippen molar-refractivity contribution in [3.8, 4) is 11.5 Å². The Morgan fingerprint density at radius 1 is 1.25 bits per heavy atom. The lowest BCUT2D eigenvalue weighted by Crippen LogP contribution is -2.19. The van der Waals surface area contributed by atoms with Crippen LogP contribution in [0, 0.1) is 5.82 Å². The molecule has 7 heteroatoms. The lowest BCUT2D eigenvalue weighted by atomic mass is 10.1. The number of ether oxygens (including phenoxy) is 1. The zero-order valence-electron chi connectivity index (χ0n) is 12.6. The first kappa shape index (κ1) is 16.1. The fourth-order valence-electron chi connectivity index (χ4n) is 2.08. The summed E-state index contributed by atoms with van der Waals surface area (Å²) < 4.78 is 17.9. The van der Waals surface area contributed by atoms with E-state index in [-0.39, 0.29) is 17.5 Å². The molecule has 2 aromatic rings. The van der Waals surface area contributed by atoms with Crippen LogP contribution in [0.3, 0.4) is 0 Å². The molecule has 0 spiro atoms. The third kappa shape index (κ3) is 3.41. The van der Waals surface area contributed by atoms with E-state index in [0.29, 0.717) is 27.1 Å². The van der Waals surface area contributed by atoms with Gasteiger partial charge in [-0.25, -0.2) is 9.38 Å².